The molecular weight excluding hydrogens is 256 g/mol. The van der Waals surface area contributed by atoms with E-state index in [9.17, 15) is 0 Å². The Morgan fingerprint density at radius 3 is 1.30 bits per heavy atom. The Bertz CT molecular complexity index is 231. The summed E-state index contributed by atoms with van der Waals surface area (Å²) >= 11 is 0. The maximum atomic E-state index is 5.65. The van der Waals surface area contributed by atoms with Crippen molar-refractivity contribution < 1.29 is 18.9 Å². The molecule has 0 heterocycles. The topological polar surface area (TPSA) is 36.9 Å². The molecule has 0 aromatic carbocycles. The molecule has 0 spiro atoms. The average molecular weight is 290 g/mol. The fourth-order valence-electron chi connectivity index (χ4n) is 2.75. The fourth-order valence-corrected chi connectivity index (χ4v) is 2.75. The Labute approximate surface area is 125 Å². The lowest BCUT2D eigenvalue weighted by molar-refractivity contribution is -0.125. The predicted molar refractivity (Wildman–Crippen MR) is 82.1 cm³/mol. The number of methoxy groups -OCH3 is 4. The van der Waals surface area contributed by atoms with Crippen molar-refractivity contribution in [3.8, 4) is 0 Å². The van der Waals surface area contributed by atoms with Crippen molar-refractivity contribution in [1.82, 2.24) is 0 Å². The highest BCUT2D eigenvalue weighted by molar-refractivity contribution is 4.82. The highest BCUT2D eigenvalue weighted by Crippen LogP contribution is 2.23. The molecule has 122 valence electrons. The second-order valence-corrected chi connectivity index (χ2v) is 6.01. The maximum absolute atomic E-state index is 5.65. The van der Waals surface area contributed by atoms with E-state index in [1.54, 1.807) is 28.4 Å². The highest BCUT2D eigenvalue weighted by atomic mass is 16.6. The van der Waals surface area contributed by atoms with Gasteiger partial charge in [0.2, 0.25) is 0 Å². The normalized spacial score (nSPS) is 18.3. The Balaban J connectivity index is 4.68. The van der Waals surface area contributed by atoms with Crippen molar-refractivity contribution in [3.05, 3.63) is 0 Å². The van der Waals surface area contributed by atoms with Gasteiger partial charge in [0.15, 0.2) is 0 Å². The molecule has 0 bridgehead atoms. The van der Waals surface area contributed by atoms with Crippen LogP contribution in [-0.4, -0.2) is 52.9 Å². The van der Waals surface area contributed by atoms with Gasteiger partial charge in [0.25, 0.3) is 0 Å². The van der Waals surface area contributed by atoms with Crippen LogP contribution in [0.25, 0.3) is 0 Å². The van der Waals surface area contributed by atoms with Gasteiger partial charge in [-0.2, -0.15) is 0 Å². The summed E-state index contributed by atoms with van der Waals surface area (Å²) < 4.78 is 22.4. The summed E-state index contributed by atoms with van der Waals surface area (Å²) in [4.78, 5) is 0. The van der Waals surface area contributed by atoms with Gasteiger partial charge in [0, 0.05) is 28.4 Å². The van der Waals surface area contributed by atoms with E-state index in [-0.39, 0.29) is 24.4 Å². The lowest BCUT2D eigenvalue weighted by atomic mass is 9.92. The van der Waals surface area contributed by atoms with Crippen LogP contribution in [0, 0.1) is 11.8 Å². The van der Waals surface area contributed by atoms with Crippen LogP contribution in [0.5, 0.6) is 0 Å². The molecule has 0 aliphatic rings. The van der Waals surface area contributed by atoms with Gasteiger partial charge in [-0.15, -0.1) is 0 Å². The van der Waals surface area contributed by atoms with E-state index in [0.29, 0.717) is 11.8 Å². The lowest BCUT2D eigenvalue weighted by Gasteiger charge is -2.34. The molecule has 0 fully saturated rings. The van der Waals surface area contributed by atoms with Gasteiger partial charge in [0.05, 0.1) is 18.3 Å². The van der Waals surface area contributed by atoms with E-state index in [4.69, 9.17) is 18.9 Å². The molecular formula is C16H34O4. The van der Waals surface area contributed by atoms with E-state index in [1.165, 1.54) is 0 Å². The smallest absolute Gasteiger partial charge is 0.110 e. The van der Waals surface area contributed by atoms with E-state index in [2.05, 4.69) is 27.7 Å². The largest absolute Gasteiger partial charge is 0.381 e. The van der Waals surface area contributed by atoms with Crippen LogP contribution in [0.1, 0.15) is 40.5 Å². The van der Waals surface area contributed by atoms with Gasteiger partial charge in [-0.25, -0.2) is 0 Å². The van der Waals surface area contributed by atoms with E-state index < -0.39 is 0 Å². The molecule has 4 heteroatoms. The molecule has 4 atom stereocenters. The van der Waals surface area contributed by atoms with Crippen LogP contribution in [-0.2, 0) is 18.9 Å². The molecule has 4 unspecified atom stereocenters. The number of rotatable bonds is 11. The second-order valence-electron chi connectivity index (χ2n) is 6.01. The monoisotopic (exact) mass is 290 g/mol. The fraction of sp³-hybridized carbons (Fsp3) is 1.00. The van der Waals surface area contributed by atoms with Crippen LogP contribution in [0.15, 0.2) is 0 Å². The minimum Gasteiger partial charge on any atom is -0.381 e. The molecule has 0 saturated heterocycles. The molecule has 0 N–H and O–H groups in total. The van der Waals surface area contributed by atoms with Crippen LogP contribution >= 0.6 is 0 Å². The summed E-state index contributed by atoms with van der Waals surface area (Å²) in [7, 11) is 6.96. The highest BCUT2D eigenvalue weighted by Gasteiger charge is 2.32. The standard InChI is InChI=1S/C16H34O4/c1-11(2)13(17-5)9-10-14(18-6)16(20-8)15(19-7)12(3)4/h11-16H,9-10H2,1-8H3. The molecule has 0 amide bonds. The van der Waals surface area contributed by atoms with E-state index in [1.807, 2.05) is 0 Å². The summed E-state index contributed by atoms with van der Waals surface area (Å²) in [5.41, 5.74) is 0. The van der Waals surface area contributed by atoms with Crippen LogP contribution in [0.3, 0.4) is 0 Å². The quantitative estimate of drug-likeness (QED) is 0.586. The van der Waals surface area contributed by atoms with Gasteiger partial charge >= 0.3 is 0 Å². The van der Waals surface area contributed by atoms with Gasteiger partial charge in [-0.05, 0) is 24.7 Å². The van der Waals surface area contributed by atoms with Crippen molar-refractivity contribution in [2.75, 3.05) is 28.4 Å². The molecule has 0 rings (SSSR count). The molecule has 0 radical (unpaired) electrons. The molecule has 20 heavy (non-hydrogen) atoms. The minimum absolute atomic E-state index is 0.0174. The van der Waals surface area contributed by atoms with E-state index >= 15 is 0 Å². The van der Waals surface area contributed by atoms with Crippen molar-refractivity contribution in [3.63, 3.8) is 0 Å². The average Bonchev–Trinajstić information content (AvgIpc) is 2.40. The summed E-state index contributed by atoms with van der Waals surface area (Å²) in [6, 6.07) is 0. The molecule has 4 nitrogen and oxygen atoms in total. The summed E-state index contributed by atoms with van der Waals surface area (Å²) in [6.07, 6.45) is 2.10. The van der Waals surface area contributed by atoms with Crippen molar-refractivity contribution >= 4 is 0 Å². The predicted octanol–water partition coefficient (Wildman–Crippen LogP) is 3.14. The SMILES string of the molecule is COC(CCC(OC)C(OC)C(OC)C(C)C)C(C)C. The van der Waals surface area contributed by atoms with Crippen LogP contribution in [0.4, 0.5) is 0 Å². The van der Waals surface area contributed by atoms with Gasteiger partial charge in [-0.1, -0.05) is 27.7 Å². The molecule has 0 aromatic rings. The second kappa shape index (κ2) is 10.6. The van der Waals surface area contributed by atoms with Gasteiger partial charge in [0.1, 0.15) is 6.10 Å². The zero-order chi connectivity index (χ0) is 15.7. The number of hydrogen-bond donors (Lipinski definition) is 0. The first-order valence-corrected chi connectivity index (χ1v) is 7.54. The van der Waals surface area contributed by atoms with Crippen molar-refractivity contribution in [1.29, 1.82) is 0 Å². The molecule has 0 aliphatic carbocycles. The maximum Gasteiger partial charge on any atom is 0.110 e. The first-order chi connectivity index (χ1) is 9.42. The number of ether oxygens (including phenoxy) is 4. The number of hydrogen-bond acceptors (Lipinski definition) is 4. The van der Waals surface area contributed by atoms with Gasteiger partial charge in [-0.3, -0.25) is 0 Å². The van der Waals surface area contributed by atoms with Crippen molar-refractivity contribution in [2.45, 2.75) is 65.0 Å². The lowest BCUT2D eigenvalue weighted by Crippen LogP contribution is -2.44. The Morgan fingerprint density at radius 1 is 0.550 bits per heavy atom. The Morgan fingerprint density at radius 2 is 1.00 bits per heavy atom. The summed E-state index contributed by atoms with van der Waals surface area (Å²) in [5.74, 6) is 0.882. The van der Waals surface area contributed by atoms with Gasteiger partial charge < -0.3 is 18.9 Å². The third-order valence-electron chi connectivity index (χ3n) is 3.98. The molecule has 0 aliphatic heterocycles. The zero-order valence-electron chi connectivity index (χ0n) is 14.5. The van der Waals surface area contributed by atoms with Crippen LogP contribution in [0.2, 0.25) is 0 Å². The third-order valence-corrected chi connectivity index (χ3v) is 3.98. The van der Waals surface area contributed by atoms with E-state index in [0.717, 1.165) is 12.8 Å². The molecule has 0 aromatic heterocycles. The third kappa shape index (κ3) is 6.08. The summed E-state index contributed by atoms with van der Waals surface area (Å²) in [5, 5.41) is 0. The Kier molecular flexibility index (Phi) is 10.5. The van der Waals surface area contributed by atoms with Crippen molar-refractivity contribution in [2.24, 2.45) is 11.8 Å². The Hall–Kier alpha value is -0.160. The first-order valence-electron chi connectivity index (χ1n) is 7.54. The van der Waals surface area contributed by atoms with Crippen LogP contribution < -0.4 is 0 Å². The summed E-state index contributed by atoms with van der Waals surface area (Å²) in [6.45, 7) is 8.63. The molecule has 0 saturated carbocycles. The zero-order valence-corrected chi connectivity index (χ0v) is 14.5. The first kappa shape index (κ1) is 19.8. The minimum atomic E-state index is -0.0605.